The van der Waals surface area contributed by atoms with Crippen LogP contribution in [0.5, 0.6) is 0 Å². The molecule has 0 saturated carbocycles. The van der Waals surface area contributed by atoms with Gasteiger partial charge in [0.05, 0.1) is 17.9 Å². The van der Waals surface area contributed by atoms with Crippen molar-refractivity contribution < 1.29 is 9.83 Å². The number of nitrogens with zero attached hydrogens (tertiary/aromatic N) is 3. The number of hydrazone groups is 1. The summed E-state index contributed by atoms with van der Waals surface area (Å²) in [6.45, 7) is 4.18. The van der Waals surface area contributed by atoms with Gasteiger partial charge >= 0.3 is 0 Å². The van der Waals surface area contributed by atoms with Crippen molar-refractivity contribution in [3.05, 3.63) is 105 Å². The number of anilines is 1. The molecule has 3 rings (SSSR count). The Hall–Kier alpha value is -3.98. The second kappa shape index (κ2) is 11.2. The van der Waals surface area contributed by atoms with Crippen LogP contribution in [-0.2, 0) is 0 Å². The van der Waals surface area contributed by atoms with Gasteiger partial charge in [0.25, 0.3) is 11.9 Å². The van der Waals surface area contributed by atoms with Gasteiger partial charge in [0.1, 0.15) is 5.10 Å². The number of halogens is 1. The molecule has 0 saturated heterocycles. The van der Waals surface area contributed by atoms with E-state index < -0.39 is 16.5 Å². The van der Waals surface area contributed by atoms with E-state index in [4.69, 9.17) is 11.6 Å². The number of carbonyl (C=O) groups is 1. The van der Waals surface area contributed by atoms with Crippen LogP contribution in [0.25, 0.3) is 0 Å². The molecule has 10 heteroatoms. The number of hydrogen-bond acceptors (Lipinski definition) is 4. The molecular weight excluding hydrogens is 456 g/mol. The summed E-state index contributed by atoms with van der Waals surface area (Å²) < 4.78 is 0. The summed E-state index contributed by atoms with van der Waals surface area (Å²) in [5.41, 5.74) is 1.31. The largest absolute Gasteiger partial charge is 0.351 e. The van der Waals surface area contributed by atoms with Crippen molar-refractivity contribution in [1.29, 1.82) is 0 Å². The van der Waals surface area contributed by atoms with E-state index in [2.05, 4.69) is 26.0 Å². The quantitative estimate of drug-likeness (QED) is 0.189. The first kappa shape index (κ1) is 24.7. The average Bonchev–Trinajstić information content (AvgIpc) is 2.82. The minimum absolute atomic E-state index is 0.0519. The van der Waals surface area contributed by atoms with E-state index in [-0.39, 0.29) is 18.4 Å². The molecule has 1 aromatic heterocycles. The SMILES string of the molecule is CC(C)(CNC(=O)c1ccc(Cl)cc1)C(NC(=N[N+](=O)[O-])Nc1cccnc1)c1ccccc1. The highest BCUT2D eigenvalue weighted by Gasteiger charge is 2.33. The van der Waals surface area contributed by atoms with E-state index in [1.165, 1.54) is 6.20 Å². The first-order valence-corrected chi connectivity index (χ1v) is 10.9. The van der Waals surface area contributed by atoms with Crippen molar-refractivity contribution in [2.75, 3.05) is 11.9 Å². The lowest BCUT2D eigenvalue weighted by molar-refractivity contribution is -0.485. The Bertz CT molecular complexity index is 1140. The molecule has 9 nitrogen and oxygen atoms in total. The molecule has 3 N–H and O–H groups in total. The lowest BCUT2D eigenvalue weighted by Crippen LogP contribution is -2.46. The van der Waals surface area contributed by atoms with Gasteiger partial charge in [0.2, 0.25) is 0 Å². The fraction of sp³-hybridized carbons (Fsp3) is 0.208. The van der Waals surface area contributed by atoms with Crippen LogP contribution in [-0.4, -0.2) is 28.4 Å². The van der Waals surface area contributed by atoms with Gasteiger partial charge < -0.3 is 16.0 Å². The zero-order valence-corrected chi connectivity index (χ0v) is 19.5. The van der Waals surface area contributed by atoms with Crippen molar-refractivity contribution in [1.82, 2.24) is 15.6 Å². The third-order valence-corrected chi connectivity index (χ3v) is 5.36. The van der Waals surface area contributed by atoms with Crippen molar-refractivity contribution in [3.63, 3.8) is 0 Å². The van der Waals surface area contributed by atoms with Crippen LogP contribution in [0.2, 0.25) is 5.02 Å². The second-order valence-corrected chi connectivity index (χ2v) is 8.66. The topological polar surface area (TPSA) is 122 Å². The lowest BCUT2D eigenvalue weighted by Gasteiger charge is -2.36. The Kier molecular flexibility index (Phi) is 8.15. The number of guanidine groups is 1. The fourth-order valence-electron chi connectivity index (χ4n) is 3.37. The summed E-state index contributed by atoms with van der Waals surface area (Å²) in [7, 11) is 0. The standard InChI is InChI=1S/C24H25ClN6O3/c1-24(2,16-27-22(32)18-10-12-19(25)13-11-18)21(17-7-4-3-5-8-17)29-23(30-31(33)34)28-20-9-6-14-26-15-20/h3-15,21H,16H2,1-2H3,(H,27,32)(H2,28,29,30). The predicted octanol–water partition coefficient (Wildman–Crippen LogP) is 4.48. The number of pyridine rings is 1. The summed E-state index contributed by atoms with van der Waals surface area (Å²) in [5.74, 6) is -0.298. The van der Waals surface area contributed by atoms with Crippen LogP contribution in [0.1, 0.15) is 35.8 Å². The van der Waals surface area contributed by atoms with Gasteiger partial charge in [-0.1, -0.05) is 55.8 Å². The van der Waals surface area contributed by atoms with Crippen molar-refractivity contribution in [3.8, 4) is 0 Å². The van der Waals surface area contributed by atoms with E-state index >= 15 is 0 Å². The zero-order chi connectivity index (χ0) is 24.6. The summed E-state index contributed by atoms with van der Waals surface area (Å²) in [6.07, 6.45) is 3.13. The van der Waals surface area contributed by atoms with Gasteiger partial charge in [0.15, 0.2) is 5.03 Å². The smallest absolute Gasteiger partial charge is 0.273 e. The molecule has 1 unspecified atom stereocenters. The molecule has 0 aliphatic rings. The first-order valence-electron chi connectivity index (χ1n) is 10.5. The number of carbonyl (C=O) groups excluding carboxylic acids is 1. The van der Waals surface area contributed by atoms with Crippen LogP contribution < -0.4 is 16.0 Å². The average molecular weight is 481 g/mol. The molecule has 176 valence electrons. The van der Waals surface area contributed by atoms with Gasteiger partial charge in [-0.25, -0.2) is 10.1 Å². The van der Waals surface area contributed by atoms with E-state index in [0.29, 0.717) is 16.3 Å². The Morgan fingerprint density at radius 1 is 1.12 bits per heavy atom. The summed E-state index contributed by atoms with van der Waals surface area (Å²) in [4.78, 5) is 27.9. The normalized spacial score (nSPS) is 12.5. The molecule has 1 heterocycles. The molecule has 3 aromatic rings. The summed E-state index contributed by atoms with van der Waals surface area (Å²) in [5, 5.41) is 23.5. The van der Waals surface area contributed by atoms with Crippen molar-refractivity contribution >= 4 is 29.2 Å². The maximum Gasteiger partial charge on any atom is 0.273 e. The maximum absolute atomic E-state index is 12.7. The number of nitrogens with one attached hydrogen (secondary N) is 3. The molecule has 0 spiro atoms. The Labute approximate surface area is 202 Å². The van der Waals surface area contributed by atoms with Crippen LogP contribution in [0.3, 0.4) is 0 Å². The van der Waals surface area contributed by atoms with Crippen LogP contribution in [0.15, 0.2) is 84.2 Å². The Balaban J connectivity index is 1.84. The first-order chi connectivity index (χ1) is 16.2. The number of rotatable bonds is 8. The lowest BCUT2D eigenvalue weighted by atomic mass is 9.80. The van der Waals surface area contributed by atoms with Crippen molar-refractivity contribution in [2.24, 2.45) is 10.5 Å². The highest BCUT2D eigenvalue weighted by molar-refractivity contribution is 6.30. The molecule has 2 aromatic carbocycles. The number of benzene rings is 2. The number of amides is 1. The van der Waals surface area contributed by atoms with Gasteiger partial charge in [-0.15, -0.1) is 0 Å². The molecule has 0 radical (unpaired) electrons. The third kappa shape index (κ3) is 7.01. The third-order valence-electron chi connectivity index (χ3n) is 5.11. The van der Waals surface area contributed by atoms with Crippen LogP contribution in [0, 0.1) is 15.5 Å². The maximum atomic E-state index is 12.7. The van der Waals surface area contributed by atoms with E-state index in [1.807, 2.05) is 44.2 Å². The minimum atomic E-state index is -0.775. The number of aromatic nitrogens is 1. The minimum Gasteiger partial charge on any atom is -0.351 e. The van der Waals surface area contributed by atoms with Crippen LogP contribution in [0.4, 0.5) is 5.69 Å². The second-order valence-electron chi connectivity index (χ2n) is 8.22. The highest BCUT2D eigenvalue weighted by atomic mass is 35.5. The molecule has 1 atom stereocenters. The van der Waals surface area contributed by atoms with E-state index in [9.17, 15) is 14.9 Å². The van der Waals surface area contributed by atoms with Crippen LogP contribution >= 0.6 is 11.6 Å². The van der Waals surface area contributed by atoms with Gasteiger partial charge in [-0.3, -0.25) is 9.78 Å². The Morgan fingerprint density at radius 3 is 2.44 bits per heavy atom. The molecule has 0 fully saturated rings. The van der Waals surface area contributed by atoms with E-state index in [0.717, 1.165) is 5.56 Å². The summed E-state index contributed by atoms with van der Waals surface area (Å²) >= 11 is 5.91. The predicted molar refractivity (Wildman–Crippen MR) is 132 cm³/mol. The number of hydrogen-bond donors (Lipinski definition) is 3. The van der Waals surface area contributed by atoms with E-state index in [1.54, 1.807) is 42.6 Å². The molecule has 0 bridgehead atoms. The number of nitro groups is 1. The molecule has 1 amide bonds. The molecular formula is C24H25ClN6O3. The summed E-state index contributed by atoms with van der Waals surface area (Å²) in [6, 6.07) is 19.1. The van der Waals surface area contributed by atoms with Gasteiger partial charge in [-0.2, -0.15) is 0 Å². The molecule has 0 aliphatic heterocycles. The van der Waals surface area contributed by atoms with Crippen molar-refractivity contribution in [2.45, 2.75) is 19.9 Å². The van der Waals surface area contributed by atoms with Gasteiger partial charge in [-0.05, 0) is 42.0 Å². The monoisotopic (exact) mass is 480 g/mol. The highest BCUT2D eigenvalue weighted by Crippen LogP contribution is 2.33. The Morgan fingerprint density at radius 2 is 1.82 bits per heavy atom. The van der Waals surface area contributed by atoms with Gasteiger partial charge in [0, 0.05) is 28.7 Å². The zero-order valence-electron chi connectivity index (χ0n) is 18.7. The molecule has 0 aliphatic carbocycles. The molecule has 34 heavy (non-hydrogen) atoms. The fourth-order valence-corrected chi connectivity index (χ4v) is 3.50.